The quantitative estimate of drug-likeness (QED) is 0.768. The van der Waals surface area contributed by atoms with Gasteiger partial charge < -0.3 is 28.7 Å². The van der Waals surface area contributed by atoms with Crippen molar-refractivity contribution in [3.05, 3.63) is 18.2 Å². The summed E-state index contributed by atoms with van der Waals surface area (Å²) < 4.78 is 22.1. The summed E-state index contributed by atoms with van der Waals surface area (Å²) in [5, 5.41) is 0. The Kier molecular flexibility index (Phi) is 4.28. The summed E-state index contributed by atoms with van der Waals surface area (Å²) in [5.74, 6) is 0.781. The lowest BCUT2D eigenvalue weighted by Crippen LogP contribution is -2.50. The number of carbonyl (C=O) groups is 2. The highest BCUT2D eigenvalue weighted by Crippen LogP contribution is 2.36. The molecule has 5 rings (SSSR count). The third-order valence-corrected chi connectivity index (χ3v) is 5.78. The molecule has 9 heteroatoms. The Morgan fingerprint density at radius 1 is 1.00 bits per heavy atom. The fourth-order valence-corrected chi connectivity index (χ4v) is 4.17. The predicted molar refractivity (Wildman–Crippen MR) is 97.3 cm³/mol. The molecule has 1 aromatic rings. The van der Waals surface area contributed by atoms with Gasteiger partial charge in [-0.15, -0.1) is 0 Å². The van der Waals surface area contributed by atoms with E-state index in [2.05, 4.69) is 0 Å². The number of likely N-dealkylation sites (tertiary alicyclic amines) is 1. The normalized spacial score (nSPS) is 23.1. The summed E-state index contributed by atoms with van der Waals surface area (Å²) in [4.78, 5) is 30.6. The van der Waals surface area contributed by atoms with Gasteiger partial charge >= 0.3 is 6.03 Å². The van der Waals surface area contributed by atoms with E-state index < -0.39 is 5.79 Å². The second-order valence-electron chi connectivity index (χ2n) is 7.38. The number of amides is 3. The number of carbonyl (C=O) groups excluding carboxylic acids is 2. The molecule has 0 saturated carbocycles. The van der Waals surface area contributed by atoms with E-state index in [1.165, 1.54) is 0 Å². The summed E-state index contributed by atoms with van der Waals surface area (Å²) in [6, 6.07) is 5.28. The summed E-state index contributed by atoms with van der Waals surface area (Å²) in [5.41, 5.74) is 0.750. The largest absolute Gasteiger partial charge is 0.454 e. The van der Waals surface area contributed by atoms with Crippen LogP contribution in [0.25, 0.3) is 0 Å². The van der Waals surface area contributed by atoms with Crippen LogP contribution in [0.15, 0.2) is 18.2 Å². The van der Waals surface area contributed by atoms with Crippen LogP contribution in [-0.2, 0) is 14.3 Å². The zero-order chi connectivity index (χ0) is 19.1. The lowest BCUT2D eigenvalue weighted by atomic mass is 10.0. The van der Waals surface area contributed by atoms with Crippen molar-refractivity contribution in [2.45, 2.75) is 18.6 Å². The molecule has 3 fully saturated rings. The van der Waals surface area contributed by atoms with Crippen molar-refractivity contribution in [1.29, 1.82) is 0 Å². The van der Waals surface area contributed by atoms with E-state index in [1.807, 2.05) is 6.07 Å². The number of piperidine rings is 1. The second kappa shape index (κ2) is 6.82. The summed E-state index contributed by atoms with van der Waals surface area (Å²) in [7, 11) is 0. The first-order chi connectivity index (χ1) is 13.6. The molecular weight excluding hydrogens is 366 g/mol. The molecule has 1 aromatic carbocycles. The number of rotatable bonds is 3. The molecule has 0 radical (unpaired) electrons. The van der Waals surface area contributed by atoms with Crippen molar-refractivity contribution in [2.24, 2.45) is 0 Å². The van der Waals surface area contributed by atoms with Gasteiger partial charge in [0.15, 0.2) is 17.3 Å². The SMILES string of the molecule is O=C(CN1CCN(c2ccc3c(c2)OCO3)C1=O)N1CCC2(CC1)OCCO2. The Hall–Kier alpha value is -2.52. The van der Waals surface area contributed by atoms with Crippen molar-refractivity contribution < 1.29 is 28.5 Å². The third-order valence-electron chi connectivity index (χ3n) is 5.78. The van der Waals surface area contributed by atoms with Gasteiger partial charge in [-0.1, -0.05) is 0 Å². The first kappa shape index (κ1) is 17.6. The van der Waals surface area contributed by atoms with Gasteiger partial charge in [-0.2, -0.15) is 0 Å². The number of urea groups is 1. The zero-order valence-corrected chi connectivity index (χ0v) is 15.6. The Bertz CT molecular complexity index is 784. The van der Waals surface area contributed by atoms with Gasteiger partial charge in [0.1, 0.15) is 6.54 Å². The molecule has 4 aliphatic heterocycles. The molecule has 0 aliphatic carbocycles. The molecule has 0 atom stereocenters. The molecule has 3 saturated heterocycles. The average Bonchev–Trinajstić information content (AvgIpc) is 3.43. The fourth-order valence-electron chi connectivity index (χ4n) is 4.17. The van der Waals surface area contributed by atoms with Crippen molar-refractivity contribution in [3.8, 4) is 11.5 Å². The fraction of sp³-hybridized carbons (Fsp3) is 0.579. The maximum absolute atomic E-state index is 12.8. The maximum atomic E-state index is 12.8. The highest BCUT2D eigenvalue weighted by Gasteiger charge is 2.41. The van der Waals surface area contributed by atoms with Crippen molar-refractivity contribution in [3.63, 3.8) is 0 Å². The van der Waals surface area contributed by atoms with Crippen LogP contribution in [0, 0.1) is 0 Å². The van der Waals surface area contributed by atoms with Crippen LogP contribution in [0.2, 0.25) is 0 Å². The van der Waals surface area contributed by atoms with Gasteiger partial charge in [0.2, 0.25) is 12.7 Å². The number of ether oxygens (including phenoxy) is 4. The number of fused-ring (bicyclic) bond motifs is 1. The van der Waals surface area contributed by atoms with E-state index >= 15 is 0 Å². The number of anilines is 1. The van der Waals surface area contributed by atoms with E-state index in [0.717, 1.165) is 5.69 Å². The first-order valence-electron chi connectivity index (χ1n) is 9.65. The molecule has 0 unspecified atom stereocenters. The van der Waals surface area contributed by atoms with Crippen molar-refractivity contribution >= 4 is 17.6 Å². The Balaban J connectivity index is 1.19. The summed E-state index contributed by atoms with van der Waals surface area (Å²) in [6.07, 6.45) is 1.35. The minimum Gasteiger partial charge on any atom is -0.454 e. The Morgan fingerprint density at radius 3 is 2.54 bits per heavy atom. The molecule has 0 aromatic heterocycles. The second-order valence-corrected chi connectivity index (χ2v) is 7.38. The van der Waals surface area contributed by atoms with E-state index in [9.17, 15) is 9.59 Å². The lowest BCUT2D eigenvalue weighted by Gasteiger charge is -2.38. The van der Waals surface area contributed by atoms with Crippen molar-refractivity contribution in [1.82, 2.24) is 9.80 Å². The highest BCUT2D eigenvalue weighted by molar-refractivity contribution is 5.96. The lowest BCUT2D eigenvalue weighted by molar-refractivity contribution is -0.187. The molecule has 28 heavy (non-hydrogen) atoms. The minimum absolute atomic E-state index is 0.0336. The zero-order valence-electron chi connectivity index (χ0n) is 15.6. The number of hydrogen-bond acceptors (Lipinski definition) is 6. The van der Waals surface area contributed by atoms with E-state index in [4.69, 9.17) is 18.9 Å². The molecule has 4 aliphatic rings. The molecular formula is C19H23N3O6. The number of hydrogen-bond donors (Lipinski definition) is 0. The van der Waals surface area contributed by atoms with Gasteiger partial charge in [0.05, 0.1) is 13.2 Å². The van der Waals surface area contributed by atoms with Crippen LogP contribution in [0.1, 0.15) is 12.8 Å². The molecule has 4 heterocycles. The third kappa shape index (κ3) is 3.04. The van der Waals surface area contributed by atoms with Crippen LogP contribution in [0.4, 0.5) is 10.5 Å². The van der Waals surface area contributed by atoms with Gasteiger partial charge in [-0.25, -0.2) is 4.79 Å². The van der Waals surface area contributed by atoms with Crippen LogP contribution in [0.3, 0.4) is 0 Å². The van der Waals surface area contributed by atoms with E-state index in [-0.39, 0.29) is 25.3 Å². The van der Waals surface area contributed by atoms with Crippen LogP contribution >= 0.6 is 0 Å². The van der Waals surface area contributed by atoms with E-state index in [1.54, 1.807) is 26.8 Å². The monoisotopic (exact) mass is 389 g/mol. The molecule has 9 nitrogen and oxygen atoms in total. The predicted octanol–water partition coefficient (Wildman–Crippen LogP) is 1.02. The summed E-state index contributed by atoms with van der Waals surface area (Å²) >= 11 is 0. The molecule has 1 spiro atoms. The van der Waals surface area contributed by atoms with Crippen LogP contribution in [0.5, 0.6) is 11.5 Å². The Morgan fingerprint density at radius 2 is 1.75 bits per heavy atom. The van der Waals surface area contributed by atoms with E-state index in [0.29, 0.717) is 63.7 Å². The highest BCUT2D eigenvalue weighted by atomic mass is 16.7. The summed E-state index contributed by atoms with van der Waals surface area (Å²) in [6.45, 7) is 3.76. The number of benzene rings is 1. The molecule has 0 N–H and O–H groups in total. The smallest absolute Gasteiger partial charge is 0.325 e. The molecule has 0 bridgehead atoms. The standard InChI is InChI=1S/C19H23N3O6/c23-17(20-5-3-19(4-6-20)27-9-10-28-19)12-21-7-8-22(18(21)24)14-1-2-15-16(11-14)26-13-25-15/h1-2,11H,3-10,12-13H2. The van der Waals surface area contributed by atoms with Crippen LogP contribution in [-0.4, -0.2) is 80.3 Å². The number of nitrogens with zero attached hydrogens (tertiary/aromatic N) is 3. The Labute approximate surface area is 162 Å². The topological polar surface area (TPSA) is 80.8 Å². The van der Waals surface area contributed by atoms with Gasteiger partial charge in [0.25, 0.3) is 0 Å². The average molecular weight is 389 g/mol. The maximum Gasteiger partial charge on any atom is 0.325 e. The van der Waals surface area contributed by atoms with Crippen molar-refractivity contribution in [2.75, 3.05) is 57.6 Å². The van der Waals surface area contributed by atoms with Gasteiger partial charge in [-0.3, -0.25) is 9.69 Å². The van der Waals surface area contributed by atoms with Crippen LogP contribution < -0.4 is 14.4 Å². The molecule has 3 amide bonds. The van der Waals surface area contributed by atoms with Gasteiger partial charge in [0, 0.05) is 50.8 Å². The minimum atomic E-state index is -0.504. The molecule has 150 valence electrons. The van der Waals surface area contributed by atoms with Gasteiger partial charge in [-0.05, 0) is 12.1 Å². The first-order valence-corrected chi connectivity index (χ1v) is 9.65.